The van der Waals surface area contributed by atoms with Crippen LogP contribution in [0.25, 0.3) is 5.70 Å². The summed E-state index contributed by atoms with van der Waals surface area (Å²) in [5.41, 5.74) is 4.09. The summed E-state index contributed by atoms with van der Waals surface area (Å²) in [4.78, 5) is 0. The Balaban J connectivity index is 2.44. The Labute approximate surface area is 147 Å². The summed E-state index contributed by atoms with van der Waals surface area (Å²) in [6.07, 6.45) is 0. The number of rotatable bonds is 3. The third kappa shape index (κ3) is 4.06. The summed E-state index contributed by atoms with van der Waals surface area (Å²) in [5, 5.41) is 3.06. The van der Waals surface area contributed by atoms with Crippen molar-refractivity contribution in [2.75, 3.05) is 5.32 Å². The lowest BCUT2D eigenvalue weighted by molar-refractivity contribution is 0.444. The van der Waals surface area contributed by atoms with Crippen LogP contribution in [0.4, 0.5) is 18.9 Å². The molecule has 0 atom stereocenters. The molecule has 0 radical (unpaired) electrons. The summed E-state index contributed by atoms with van der Waals surface area (Å²) < 4.78 is 40.8. The zero-order chi connectivity index (χ0) is 18.9. The lowest BCUT2D eigenvalue weighted by Gasteiger charge is -2.21. The van der Waals surface area contributed by atoms with Gasteiger partial charge in [0.15, 0.2) is 17.5 Å². The highest BCUT2D eigenvalue weighted by molar-refractivity contribution is 5.79. The van der Waals surface area contributed by atoms with Crippen LogP contribution in [0.3, 0.4) is 0 Å². The van der Waals surface area contributed by atoms with Gasteiger partial charge >= 0.3 is 0 Å². The molecule has 0 saturated carbocycles. The minimum Gasteiger partial charge on any atom is -0.355 e. The highest BCUT2D eigenvalue weighted by atomic mass is 19.2. The Bertz CT molecular complexity index is 809. The number of hydrogen-bond donors (Lipinski definition) is 1. The van der Waals surface area contributed by atoms with E-state index in [9.17, 15) is 13.2 Å². The van der Waals surface area contributed by atoms with Crippen LogP contribution in [0, 0.1) is 24.4 Å². The summed E-state index contributed by atoms with van der Waals surface area (Å²) in [6.45, 7) is 11.6. The number of nitrogens with one attached hydrogen (secondary N) is 1. The number of halogens is 3. The van der Waals surface area contributed by atoms with Gasteiger partial charge in [0.2, 0.25) is 0 Å². The van der Waals surface area contributed by atoms with E-state index in [4.69, 9.17) is 0 Å². The van der Waals surface area contributed by atoms with Gasteiger partial charge in [-0.2, -0.15) is 0 Å². The quantitative estimate of drug-likeness (QED) is 0.619. The number of benzene rings is 2. The molecule has 0 spiro atoms. The molecule has 0 aliphatic carbocycles. The maximum Gasteiger partial charge on any atom is 0.194 e. The highest BCUT2D eigenvalue weighted by Crippen LogP contribution is 2.29. The first-order valence-corrected chi connectivity index (χ1v) is 8.22. The Kier molecular flexibility index (Phi) is 5.31. The second kappa shape index (κ2) is 6.95. The highest BCUT2D eigenvalue weighted by Gasteiger charge is 2.18. The first-order chi connectivity index (χ1) is 11.5. The van der Waals surface area contributed by atoms with Crippen molar-refractivity contribution < 1.29 is 13.2 Å². The first kappa shape index (κ1) is 19.1. The van der Waals surface area contributed by atoms with Crippen molar-refractivity contribution >= 4 is 11.4 Å². The molecule has 0 unspecified atom stereocenters. The topological polar surface area (TPSA) is 12.0 Å². The predicted octanol–water partition coefficient (Wildman–Crippen LogP) is 6.57. The molecule has 0 fully saturated rings. The van der Waals surface area contributed by atoms with Crippen LogP contribution >= 0.6 is 0 Å². The summed E-state index contributed by atoms with van der Waals surface area (Å²) in [7, 11) is 0. The Hall–Kier alpha value is -2.23. The van der Waals surface area contributed by atoms with E-state index < -0.39 is 17.5 Å². The minimum absolute atomic E-state index is 0.0386. The Morgan fingerprint density at radius 2 is 1.48 bits per heavy atom. The van der Waals surface area contributed by atoms with Gasteiger partial charge in [-0.1, -0.05) is 50.6 Å². The van der Waals surface area contributed by atoms with E-state index in [1.54, 1.807) is 0 Å². The average Bonchev–Trinajstić information content (AvgIpc) is 2.54. The van der Waals surface area contributed by atoms with E-state index in [2.05, 4.69) is 26.1 Å². The normalized spacial score (nSPS) is 11.4. The van der Waals surface area contributed by atoms with E-state index in [0.717, 1.165) is 22.9 Å². The number of hydrogen-bond acceptors (Lipinski definition) is 1. The van der Waals surface area contributed by atoms with Gasteiger partial charge in [0, 0.05) is 23.0 Å². The molecule has 1 N–H and O–H groups in total. The van der Waals surface area contributed by atoms with E-state index in [0.29, 0.717) is 0 Å². The molecular weight excluding hydrogens is 323 g/mol. The van der Waals surface area contributed by atoms with Crippen LogP contribution in [0.1, 0.15) is 51.3 Å². The molecule has 4 heteroatoms. The molecule has 0 aromatic heterocycles. The van der Waals surface area contributed by atoms with Gasteiger partial charge in [0.1, 0.15) is 0 Å². The van der Waals surface area contributed by atoms with Gasteiger partial charge in [-0.05, 0) is 37.3 Å². The summed E-state index contributed by atoms with van der Waals surface area (Å²) in [5.74, 6) is -3.82. The third-order valence-corrected chi connectivity index (χ3v) is 4.21. The predicted molar refractivity (Wildman–Crippen MR) is 98.1 cm³/mol. The van der Waals surface area contributed by atoms with E-state index in [1.165, 1.54) is 12.5 Å². The monoisotopic (exact) mass is 347 g/mol. The molecule has 0 heterocycles. The second-order valence-corrected chi connectivity index (χ2v) is 7.49. The molecule has 2 aromatic carbocycles. The molecule has 2 aromatic rings. The molecule has 1 nitrogen and oxygen atoms in total. The zero-order valence-corrected chi connectivity index (χ0v) is 15.5. The fraction of sp³-hybridized carbons (Fsp3) is 0.333. The lowest BCUT2D eigenvalue weighted by Crippen LogP contribution is -2.11. The second-order valence-electron chi connectivity index (χ2n) is 7.49. The number of anilines is 1. The average molecular weight is 347 g/mol. The molecule has 0 saturated heterocycles. The molecular formula is C21H24F3N. The van der Waals surface area contributed by atoms with Crippen LogP contribution in [-0.4, -0.2) is 0 Å². The van der Waals surface area contributed by atoms with Crippen LogP contribution in [0.2, 0.25) is 0 Å². The van der Waals surface area contributed by atoms with Crippen molar-refractivity contribution in [2.45, 2.75) is 47.0 Å². The van der Waals surface area contributed by atoms with Gasteiger partial charge in [-0.15, -0.1) is 0 Å². The van der Waals surface area contributed by atoms with E-state index >= 15 is 0 Å². The van der Waals surface area contributed by atoms with E-state index in [-0.39, 0.29) is 16.7 Å². The van der Waals surface area contributed by atoms with Gasteiger partial charge in [0.05, 0.1) is 0 Å². The summed E-state index contributed by atoms with van der Waals surface area (Å²) >= 11 is 0. The maximum absolute atomic E-state index is 13.8. The van der Waals surface area contributed by atoms with Gasteiger partial charge in [-0.25, -0.2) is 13.2 Å². The van der Waals surface area contributed by atoms with Gasteiger partial charge < -0.3 is 5.32 Å². The van der Waals surface area contributed by atoms with Crippen molar-refractivity contribution in [2.24, 2.45) is 0 Å². The standard InChI is InChI=1S/C21H24F3N/c1-12(2)20(14-7-9-15(10-8-14)21(4,5)6)25-17-11-16(22)19(24)18(23)13(17)3/h7-11,25H,1-6H3. The Morgan fingerprint density at radius 1 is 0.920 bits per heavy atom. The molecule has 2 rings (SSSR count). The lowest BCUT2D eigenvalue weighted by atomic mass is 9.86. The van der Waals surface area contributed by atoms with Crippen LogP contribution in [0.5, 0.6) is 0 Å². The largest absolute Gasteiger partial charge is 0.355 e. The fourth-order valence-corrected chi connectivity index (χ4v) is 2.57. The summed E-state index contributed by atoms with van der Waals surface area (Å²) in [6, 6.07) is 9.01. The van der Waals surface area contributed by atoms with Crippen molar-refractivity contribution in [3.8, 4) is 0 Å². The van der Waals surface area contributed by atoms with Gasteiger partial charge in [-0.3, -0.25) is 0 Å². The van der Waals surface area contributed by atoms with Crippen LogP contribution < -0.4 is 5.32 Å². The molecule has 0 aliphatic rings. The smallest absolute Gasteiger partial charge is 0.194 e. The van der Waals surface area contributed by atoms with Crippen molar-refractivity contribution in [3.63, 3.8) is 0 Å². The van der Waals surface area contributed by atoms with Crippen molar-refractivity contribution in [1.82, 2.24) is 0 Å². The van der Waals surface area contributed by atoms with Crippen molar-refractivity contribution in [1.29, 1.82) is 0 Å². The first-order valence-electron chi connectivity index (χ1n) is 8.22. The third-order valence-electron chi connectivity index (χ3n) is 4.21. The molecule has 134 valence electrons. The molecule has 25 heavy (non-hydrogen) atoms. The van der Waals surface area contributed by atoms with Crippen LogP contribution in [-0.2, 0) is 5.41 Å². The SMILES string of the molecule is CC(C)=C(Nc1cc(F)c(F)c(F)c1C)c1ccc(C(C)(C)C)cc1. The number of allylic oxidation sites excluding steroid dienone is 1. The van der Waals surface area contributed by atoms with Crippen molar-refractivity contribution in [3.05, 3.63) is 70.0 Å². The maximum atomic E-state index is 13.8. The molecule has 0 bridgehead atoms. The van der Waals surface area contributed by atoms with E-state index in [1.807, 2.05) is 38.1 Å². The zero-order valence-electron chi connectivity index (χ0n) is 15.5. The fourth-order valence-electron chi connectivity index (χ4n) is 2.57. The van der Waals surface area contributed by atoms with Gasteiger partial charge in [0.25, 0.3) is 0 Å². The molecule has 0 aliphatic heterocycles. The van der Waals surface area contributed by atoms with Crippen LogP contribution in [0.15, 0.2) is 35.9 Å². The molecule has 0 amide bonds. The Morgan fingerprint density at radius 3 is 1.96 bits per heavy atom. The minimum atomic E-state index is -1.45.